The number of piperidine rings is 1. The molecule has 3 N–H and O–H groups in total. The molecular weight excluding hydrogens is 392 g/mol. The number of hydrogen-bond acceptors (Lipinski definition) is 6. The molecule has 4 heterocycles. The number of aromatic amines is 1. The highest BCUT2D eigenvalue weighted by Gasteiger charge is 2.46. The van der Waals surface area contributed by atoms with Crippen LogP contribution in [0.15, 0.2) is 42.9 Å². The molecule has 1 amide bonds. The van der Waals surface area contributed by atoms with Crippen molar-refractivity contribution >= 4 is 11.7 Å². The SMILES string of the molecule is O=C(c1ccc[nH]1)N1CCCC2(CCc3c(NCCO)nc(-c4cccnc4)nc32)C1. The first kappa shape index (κ1) is 19.7. The van der Waals surface area contributed by atoms with E-state index in [1.54, 1.807) is 18.6 Å². The minimum atomic E-state index is -0.175. The van der Waals surface area contributed by atoms with Crippen molar-refractivity contribution in [3.05, 3.63) is 59.8 Å². The van der Waals surface area contributed by atoms with Gasteiger partial charge in [0.25, 0.3) is 5.91 Å². The quantitative estimate of drug-likeness (QED) is 0.587. The highest BCUT2D eigenvalue weighted by Crippen LogP contribution is 2.46. The molecule has 5 rings (SSSR count). The molecule has 0 aromatic carbocycles. The van der Waals surface area contributed by atoms with Gasteiger partial charge in [0, 0.05) is 54.8 Å². The molecule has 1 aliphatic heterocycles. The molecule has 2 aliphatic rings. The van der Waals surface area contributed by atoms with Crippen LogP contribution < -0.4 is 5.32 Å². The molecule has 3 aromatic rings. The number of fused-ring (bicyclic) bond motifs is 2. The average Bonchev–Trinajstić information content (AvgIpc) is 3.47. The number of aromatic nitrogens is 4. The molecule has 1 saturated heterocycles. The molecule has 0 radical (unpaired) electrons. The van der Waals surface area contributed by atoms with Crippen molar-refractivity contribution in [2.45, 2.75) is 31.1 Å². The first-order chi connectivity index (χ1) is 15.2. The second kappa shape index (κ2) is 8.11. The molecule has 0 bridgehead atoms. The van der Waals surface area contributed by atoms with Gasteiger partial charge in [0.2, 0.25) is 0 Å². The second-order valence-electron chi connectivity index (χ2n) is 8.31. The van der Waals surface area contributed by atoms with Crippen molar-refractivity contribution in [3.63, 3.8) is 0 Å². The van der Waals surface area contributed by atoms with E-state index in [1.807, 2.05) is 29.2 Å². The Hall–Kier alpha value is -3.26. The number of H-pyrrole nitrogens is 1. The highest BCUT2D eigenvalue weighted by molar-refractivity contribution is 5.92. The van der Waals surface area contributed by atoms with Gasteiger partial charge in [-0.05, 0) is 49.9 Å². The van der Waals surface area contributed by atoms with E-state index in [-0.39, 0.29) is 17.9 Å². The lowest BCUT2D eigenvalue weighted by Crippen LogP contribution is -2.48. The number of nitrogens with zero attached hydrogens (tertiary/aromatic N) is 4. The number of aliphatic hydroxyl groups excluding tert-OH is 1. The number of anilines is 1. The Morgan fingerprint density at radius 2 is 2.19 bits per heavy atom. The van der Waals surface area contributed by atoms with Crippen molar-refractivity contribution in [2.24, 2.45) is 0 Å². The Kier molecular flexibility index (Phi) is 5.15. The summed E-state index contributed by atoms with van der Waals surface area (Å²) in [4.78, 5) is 32.0. The summed E-state index contributed by atoms with van der Waals surface area (Å²) in [5.41, 5.74) is 3.45. The number of pyridine rings is 1. The Morgan fingerprint density at radius 3 is 2.97 bits per heavy atom. The van der Waals surface area contributed by atoms with Crippen LogP contribution in [0.2, 0.25) is 0 Å². The molecule has 0 saturated carbocycles. The summed E-state index contributed by atoms with van der Waals surface area (Å²) in [6.07, 6.45) is 9.02. The van der Waals surface area contributed by atoms with Crippen LogP contribution in [0.1, 0.15) is 41.0 Å². The fourth-order valence-electron chi connectivity index (χ4n) is 4.92. The third kappa shape index (κ3) is 3.57. The minimum absolute atomic E-state index is 0.0323. The van der Waals surface area contributed by atoms with Gasteiger partial charge in [0.05, 0.1) is 12.3 Å². The maximum Gasteiger partial charge on any atom is 0.270 e. The van der Waals surface area contributed by atoms with E-state index in [1.165, 1.54) is 0 Å². The van der Waals surface area contributed by atoms with E-state index >= 15 is 0 Å². The van der Waals surface area contributed by atoms with E-state index in [2.05, 4.69) is 15.3 Å². The zero-order chi connectivity index (χ0) is 21.3. The lowest BCUT2D eigenvalue weighted by Gasteiger charge is -2.40. The van der Waals surface area contributed by atoms with Gasteiger partial charge in [0.15, 0.2) is 5.82 Å². The molecule has 1 aliphatic carbocycles. The molecular formula is C23H26N6O2. The summed E-state index contributed by atoms with van der Waals surface area (Å²) in [6.45, 7) is 1.87. The molecule has 1 atom stereocenters. The molecule has 1 fully saturated rings. The maximum absolute atomic E-state index is 13.0. The van der Waals surface area contributed by atoms with Crippen molar-refractivity contribution < 1.29 is 9.90 Å². The van der Waals surface area contributed by atoms with E-state index in [0.29, 0.717) is 24.6 Å². The number of nitrogens with one attached hydrogen (secondary N) is 2. The van der Waals surface area contributed by atoms with Crippen LogP contribution in [0.5, 0.6) is 0 Å². The van der Waals surface area contributed by atoms with Crippen molar-refractivity contribution in [2.75, 3.05) is 31.6 Å². The number of aliphatic hydroxyl groups is 1. The molecule has 8 nitrogen and oxygen atoms in total. The summed E-state index contributed by atoms with van der Waals surface area (Å²) in [6, 6.07) is 7.50. The third-order valence-electron chi connectivity index (χ3n) is 6.38. The normalized spacial score (nSPS) is 20.1. The van der Waals surface area contributed by atoms with Crippen LogP contribution in [-0.2, 0) is 11.8 Å². The van der Waals surface area contributed by atoms with E-state index in [0.717, 1.165) is 54.9 Å². The number of likely N-dealkylation sites (tertiary alicyclic amines) is 1. The fraction of sp³-hybridized carbons (Fsp3) is 0.391. The van der Waals surface area contributed by atoms with Crippen LogP contribution in [-0.4, -0.2) is 62.1 Å². The van der Waals surface area contributed by atoms with Gasteiger partial charge in [-0.3, -0.25) is 9.78 Å². The van der Waals surface area contributed by atoms with Crippen molar-refractivity contribution in [1.29, 1.82) is 0 Å². The lowest BCUT2D eigenvalue weighted by molar-refractivity contribution is 0.0628. The van der Waals surface area contributed by atoms with E-state index < -0.39 is 0 Å². The molecule has 1 spiro atoms. The molecule has 8 heteroatoms. The van der Waals surface area contributed by atoms with Crippen molar-refractivity contribution in [3.8, 4) is 11.4 Å². The summed E-state index contributed by atoms with van der Waals surface area (Å²) < 4.78 is 0. The Morgan fingerprint density at radius 1 is 1.26 bits per heavy atom. The van der Waals surface area contributed by atoms with Gasteiger partial charge < -0.3 is 20.3 Å². The first-order valence-corrected chi connectivity index (χ1v) is 10.8. The van der Waals surface area contributed by atoms with Gasteiger partial charge in [-0.15, -0.1) is 0 Å². The van der Waals surface area contributed by atoms with Gasteiger partial charge in [0.1, 0.15) is 11.5 Å². The molecule has 31 heavy (non-hydrogen) atoms. The number of carbonyl (C=O) groups excluding carboxylic acids is 1. The number of amides is 1. The number of hydrogen-bond donors (Lipinski definition) is 3. The van der Waals surface area contributed by atoms with Crippen molar-refractivity contribution in [1.82, 2.24) is 24.8 Å². The summed E-state index contributed by atoms with van der Waals surface area (Å²) >= 11 is 0. The summed E-state index contributed by atoms with van der Waals surface area (Å²) in [5, 5.41) is 12.6. The zero-order valence-electron chi connectivity index (χ0n) is 17.3. The summed E-state index contributed by atoms with van der Waals surface area (Å²) in [7, 11) is 0. The maximum atomic E-state index is 13.0. The van der Waals surface area contributed by atoms with Crippen LogP contribution in [0, 0.1) is 0 Å². The van der Waals surface area contributed by atoms with Crippen LogP contribution in [0.3, 0.4) is 0 Å². The van der Waals surface area contributed by atoms with Gasteiger partial charge in [-0.1, -0.05) is 0 Å². The Balaban J connectivity index is 1.54. The third-order valence-corrected chi connectivity index (χ3v) is 6.38. The lowest BCUT2D eigenvalue weighted by atomic mass is 9.77. The number of rotatable bonds is 5. The monoisotopic (exact) mass is 418 g/mol. The predicted molar refractivity (Wildman–Crippen MR) is 117 cm³/mol. The highest BCUT2D eigenvalue weighted by atomic mass is 16.3. The molecule has 160 valence electrons. The second-order valence-corrected chi connectivity index (χ2v) is 8.31. The Labute approximate surface area is 180 Å². The first-order valence-electron chi connectivity index (χ1n) is 10.8. The predicted octanol–water partition coefficient (Wildman–Crippen LogP) is 2.39. The average molecular weight is 419 g/mol. The van der Waals surface area contributed by atoms with Gasteiger partial charge in [-0.25, -0.2) is 9.97 Å². The zero-order valence-corrected chi connectivity index (χ0v) is 17.3. The van der Waals surface area contributed by atoms with Gasteiger partial charge in [-0.2, -0.15) is 0 Å². The fourth-order valence-corrected chi connectivity index (χ4v) is 4.92. The number of carbonyl (C=O) groups is 1. The smallest absolute Gasteiger partial charge is 0.270 e. The van der Waals surface area contributed by atoms with Gasteiger partial charge >= 0.3 is 0 Å². The Bertz CT molecular complexity index is 1070. The summed E-state index contributed by atoms with van der Waals surface area (Å²) in [5.74, 6) is 1.45. The van der Waals surface area contributed by atoms with E-state index in [9.17, 15) is 9.90 Å². The van der Waals surface area contributed by atoms with Crippen LogP contribution in [0.4, 0.5) is 5.82 Å². The topological polar surface area (TPSA) is 107 Å². The van der Waals surface area contributed by atoms with Crippen LogP contribution >= 0.6 is 0 Å². The standard InChI is InChI=1S/C23H26N6O2/c30-13-11-26-21-17-6-8-23(19(17)27-20(28-21)16-4-1-9-24-14-16)7-3-12-29(15-23)22(31)18-5-2-10-25-18/h1-2,4-5,9-10,14,25,30H,3,6-8,11-13,15H2,(H,26,27,28). The molecule has 3 aromatic heterocycles. The van der Waals surface area contributed by atoms with Crippen LogP contribution in [0.25, 0.3) is 11.4 Å². The molecule has 1 unspecified atom stereocenters. The minimum Gasteiger partial charge on any atom is -0.395 e. The largest absolute Gasteiger partial charge is 0.395 e. The van der Waals surface area contributed by atoms with E-state index in [4.69, 9.17) is 9.97 Å².